The molecular weight excluding hydrogens is 269 g/mol. The average molecular weight is 280 g/mol. The van der Waals surface area contributed by atoms with Crippen LogP contribution in [0.2, 0.25) is 0 Å². The van der Waals surface area contributed by atoms with Crippen molar-refractivity contribution in [1.29, 1.82) is 0 Å². The number of anilines is 1. The highest BCUT2D eigenvalue weighted by Gasteiger charge is 2.42. The zero-order valence-electron chi connectivity index (χ0n) is 9.28. The molecule has 0 amide bonds. The number of thiazole rings is 1. The van der Waals surface area contributed by atoms with Crippen LogP contribution >= 0.6 is 11.3 Å². The van der Waals surface area contributed by atoms with Crippen LogP contribution in [-0.2, 0) is 0 Å². The van der Waals surface area contributed by atoms with Gasteiger partial charge in [-0.3, -0.25) is 0 Å². The van der Waals surface area contributed by atoms with Crippen molar-refractivity contribution < 1.29 is 23.1 Å². The molecule has 0 aromatic carbocycles. The number of aromatic carboxylic acids is 1. The molecule has 1 N–H and O–H groups in total. The summed E-state index contributed by atoms with van der Waals surface area (Å²) in [6, 6.07) is 0. The predicted octanol–water partition coefficient (Wildman–Crippen LogP) is 2.62. The second kappa shape index (κ2) is 4.75. The average Bonchev–Trinajstić information content (AvgIpc) is 2.77. The molecule has 1 unspecified atom stereocenters. The summed E-state index contributed by atoms with van der Waals surface area (Å²) in [4.78, 5) is 16.1. The quantitative estimate of drug-likeness (QED) is 0.904. The van der Waals surface area contributed by atoms with Crippen molar-refractivity contribution in [2.24, 2.45) is 5.92 Å². The Kier molecular flexibility index (Phi) is 3.47. The summed E-state index contributed by atoms with van der Waals surface area (Å²) in [7, 11) is 0. The molecule has 0 spiro atoms. The van der Waals surface area contributed by atoms with Gasteiger partial charge in [-0.05, 0) is 12.8 Å². The SMILES string of the molecule is O=C(O)c1cnc(N2CCCC(C(F)(F)F)C2)s1. The van der Waals surface area contributed by atoms with Gasteiger partial charge in [0, 0.05) is 13.1 Å². The summed E-state index contributed by atoms with van der Waals surface area (Å²) in [5.41, 5.74) is 0. The number of hydrogen-bond acceptors (Lipinski definition) is 4. The van der Waals surface area contributed by atoms with Crippen molar-refractivity contribution in [3.05, 3.63) is 11.1 Å². The first-order valence-corrected chi connectivity index (χ1v) is 6.20. The third-order valence-corrected chi connectivity index (χ3v) is 3.91. The van der Waals surface area contributed by atoms with Gasteiger partial charge in [-0.15, -0.1) is 0 Å². The van der Waals surface area contributed by atoms with Gasteiger partial charge in [0.25, 0.3) is 0 Å². The van der Waals surface area contributed by atoms with Crippen molar-refractivity contribution in [1.82, 2.24) is 4.98 Å². The van der Waals surface area contributed by atoms with E-state index in [1.807, 2.05) is 0 Å². The molecule has 1 aliphatic heterocycles. The first-order valence-electron chi connectivity index (χ1n) is 5.38. The van der Waals surface area contributed by atoms with Gasteiger partial charge in [-0.1, -0.05) is 11.3 Å². The predicted molar refractivity (Wildman–Crippen MR) is 60.1 cm³/mol. The van der Waals surface area contributed by atoms with Gasteiger partial charge in [-0.25, -0.2) is 9.78 Å². The van der Waals surface area contributed by atoms with Crippen LogP contribution in [0.1, 0.15) is 22.5 Å². The molecule has 1 atom stereocenters. The molecule has 1 aliphatic rings. The van der Waals surface area contributed by atoms with Crippen molar-refractivity contribution in [2.75, 3.05) is 18.0 Å². The number of carboxylic acid groups (broad SMARTS) is 1. The lowest BCUT2D eigenvalue weighted by atomic mass is 9.98. The lowest BCUT2D eigenvalue weighted by Crippen LogP contribution is -2.41. The number of halogens is 3. The summed E-state index contributed by atoms with van der Waals surface area (Å²) < 4.78 is 37.9. The smallest absolute Gasteiger partial charge is 0.393 e. The number of piperidine rings is 1. The van der Waals surface area contributed by atoms with Gasteiger partial charge in [0.2, 0.25) is 0 Å². The molecule has 0 radical (unpaired) electrons. The third-order valence-electron chi connectivity index (χ3n) is 2.86. The Morgan fingerprint density at radius 1 is 1.56 bits per heavy atom. The van der Waals surface area contributed by atoms with Crippen LogP contribution in [0.5, 0.6) is 0 Å². The number of alkyl halides is 3. The molecule has 4 nitrogen and oxygen atoms in total. The Hall–Kier alpha value is -1.31. The minimum atomic E-state index is -4.20. The van der Waals surface area contributed by atoms with E-state index in [4.69, 9.17) is 5.11 Å². The van der Waals surface area contributed by atoms with Crippen LogP contribution in [0.25, 0.3) is 0 Å². The number of rotatable bonds is 2. The van der Waals surface area contributed by atoms with Crippen LogP contribution in [-0.4, -0.2) is 35.3 Å². The van der Waals surface area contributed by atoms with Crippen LogP contribution in [0.15, 0.2) is 6.20 Å². The molecule has 1 fully saturated rings. The van der Waals surface area contributed by atoms with E-state index < -0.39 is 18.1 Å². The van der Waals surface area contributed by atoms with Gasteiger partial charge < -0.3 is 10.0 Å². The molecule has 100 valence electrons. The van der Waals surface area contributed by atoms with E-state index >= 15 is 0 Å². The highest BCUT2D eigenvalue weighted by molar-refractivity contribution is 7.17. The molecule has 1 saturated heterocycles. The van der Waals surface area contributed by atoms with Gasteiger partial charge in [0.1, 0.15) is 4.88 Å². The molecule has 2 heterocycles. The Balaban J connectivity index is 2.10. The van der Waals surface area contributed by atoms with Crippen molar-refractivity contribution in [3.8, 4) is 0 Å². The van der Waals surface area contributed by atoms with Gasteiger partial charge >= 0.3 is 12.1 Å². The van der Waals surface area contributed by atoms with E-state index in [0.29, 0.717) is 18.1 Å². The number of nitrogens with zero attached hydrogens (tertiary/aromatic N) is 2. The minimum Gasteiger partial charge on any atom is -0.477 e. The highest BCUT2D eigenvalue weighted by Crippen LogP contribution is 2.35. The summed E-state index contributed by atoms with van der Waals surface area (Å²) in [5.74, 6) is -2.47. The zero-order chi connectivity index (χ0) is 13.3. The maximum absolute atomic E-state index is 12.6. The Labute approximate surface area is 105 Å². The molecule has 18 heavy (non-hydrogen) atoms. The summed E-state index contributed by atoms with van der Waals surface area (Å²) in [5, 5.41) is 9.10. The zero-order valence-corrected chi connectivity index (χ0v) is 10.1. The van der Waals surface area contributed by atoms with Crippen LogP contribution in [0.3, 0.4) is 0 Å². The maximum atomic E-state index is 12.6. The fourth-order valence-electron chi connectivity index (χ4n) is 1.93. The second-order valence-corrected chi connectivity index (χ2v) is 5.15. The molecule has 1 aromatic rings. The molecule has 1 aromatic heterocycles. The number of hydrogen-bond donors (Lipinski definition) is 1. The monoisotopic (exact) mass is 280 g/mol. The fraction of sp³-hybridized carbons (Fsp3) is 0.600. The van der Waals surface area contributed by atoms with E-state index in [-0.39, 0.29) is 17.8 Å². The largest absolute Gasteiger partial charge is 0.477 e. The fourth-order valence-corrected chi connectivity index (χ4v) is 2.72. The maximum Gasteiger partial charge on any atom is 0.393 e. The molecule has 0 saturated carbocycles. The lowest BCUT2D eigenvalue weighted by molar-refractivity contribution is -0.175. The normalized spacial score (nSPS) is 21.1. The Bertz CT molecular complexity index is 447. The van der Waals surface area contributed by atoms with Crippen LogP contribution < -0.4 is 4.90 Å². The first kappa shape index (κ1) is 13.1. The number of carboxylic acids is 1. The summed E-state index contributed by atoms with van der Waals surface area (Å²) in [6.45, 7) is 0.342. The topological polar surface area (TPSA) is 53.4 Å². The van der Waals surface area contributed by atoms with Gasteiger partial charge in [-0.2, -0.15) is 13.2 Å². The number of carbonyl (C=O) groups is 1. The van der Waals surface area contributed by atoms with E-state index in [1.165, 1.54) is 11.1 Å². The minimum absolute atomic E-state index is 0.0409. The number of aromatic nitrogens is 1. The van der Waals surface area contributed by atoms with Crippen molar-refractivity contribution in [3.63, 3.8) is 0 Å². The highest BCUT2D eigenvalue weighted by atomic mass is 32.1. The van der Waals surface area contributed by atoms with Crippen molar-refractivity contribution in [2.45, 2.75) is 19.0 Å². The van der Waals surface area contributed by atoms with Gasteiger partial charge in [0.15, 0.2) is 5.13 Å². The van der Waals surface area contributed by atoms with E-state index in [1.54, 1.807) is 0 Å². The standard InChI is InChI=1S/C10H11F3N2O2S/c11-10(12,13)6-2-1-3-15(5-6)9-14-4-7(18-9)8(16)17/h4,6H,1-3,5H2,(H,16,17). The lowest BCUT2D eigenvalue weighted by Gasteiger charge is -2.33. The summed E-state index contributed by atoms with van der Waals surface area (Å²) in [6.07, 6.45) is -2.46. The Morgan fingerprint density at radius 2 is 2.28 bits per heavy atom. The van der Waals surface area contributed by atoms with E-state index in [9.17, 15) is 18.0 Å². The Morgan fingerprint density at radius 3 is 2.83 bits per heavy atom. The van der Waals surface area contributed by atoms with Crippen molar-refractivity contribution >= 4 is 22.4 Å². The molecule has 0 aliphatic carbocycles. The summed E-state index contributed by atoms with van der Waals surface area (Å²) >= 11 is 0.908. The molecule has 0 bridgehead atoms. The third kappa shape index (κ3) is 2.74. The first-order chi connectivity index (χ1) is 8.38. The van der Waals surface area contributed by atoms with Crippen LogP contribution in [0, 0.1) is 5.92 Å². The second-order valence-electron chi connectivity index (χ2n) is 4.14. The van der Waals surface area contributed by atoms with Gasteiger partial charge in [0.05, 0.1) is 12.1 Å². The molecule has 2 rings (SSSR count). The van der Waals surface area contributed by atoms with Crippen LogP contribution in [0.4, 0.5) is 18.3 Å². The molecule has 8 heteroatoms. The molecular formula is C10H11F3N2O2S. The van der Waals surface area contributed by atoms with E-state index in [0.717, 1.165) is 11.3 Å². The van der Waals surface area contributed by atoms with E-state index in [2.05, 4.69) is 4.98 Å².